The number of nitrogens with zero attached hydrogens (tertiary/aromatic N) is 4. The summed E-state index contributed by atoms with van der Waals surface area (Å²) in [6.45, 7) is 0. The minimum absolute atomic E-state index is 0.0416. The summed E-state index contributed by atoms with van der Waals surface area (Å²) in [5, 5.41) is 17.0. The molecule has 0 fully saturated rings. The van der Waals surface area contributed by atoms with Crippen LogP contribution in [0.2, 0.25) is 0 Å². The molecule has 5 aromatic rings. The van der Waals surface area contributed by atoms with E-state index >= 15 is 0 Å². The summed E-state index contributed by atoms with van der Waals surface area (Å²) in [4.78, 5) is 46.3. The number of urea groups is 1. The van der Waals surface area contributed by atoms with Gasteiger partial charge in [-0.3, -0.25) is 19.5 Å². The number of para-hydroxylation sites is 3. The molecule has 39 heavy (non-hydrogen) atoms. The quantitative estimate of drug-likeness (QED) is 0.228. The molecule has 5 rings (SSSR count). The maximum atomic E-state index is 13.7. The first-order valence-corrected chi connectivity index (χ1v) is 11.8. The Morgan fingerprint density at radius 2 is 1.79 bits per heavy atom. The minimum atomic E-state index is -0.501. The number of pyridine rings is 1. The van der Waals surface area contributed by atoms with Crippen LogP contribution in [-0.4, -0.2) is 32.6 Å². The highest BCUT2D eigenvalue weighted by atomic mass is 16.6. The number of aromatic nitrogens is 3. The number of ether oxygens (including phenoxy) is 1. The molecular formula is C28H22N6O5. The second-order valence-corrected chi connectivity index (χ2v) is 8.44. The average molecular weight is 523 g/mol. The number of nitro benzene ring substituents is 1. The number of carbonyl (C=O) groups excluding carboxylic acids is 1. The van der Waals surface area contributed by atoms with Gasteiger partial charge in [0.2, 0.25) is 0 Å². The van der Waals surface area contributed by atoms with Gasteiger partial charge in [-0.1, -0.05) is 36.4 Å². The van der Waals surface area contributed by atoms with E-state index in [1.165, 1.54) is 17.7 Å². The molecule has 0 unspecified atom stereocenters. The number of amides is 2. The van der Waals surface area contributed by atoms with Crippen molar-refractivity contribution < 1.29 is 14.5 Å². The van der Waals surface area contributed by atoms with Gasteiger partial charge in [-0.25, -0.2) is 14.8 Å². The van der Waals surface area contributed by atoms with Crippen molar-refractivity contribution in [3.8, 4) is 11.4 Å². The van der Waals surface area contributed by atoms with E-state index in [0.29, 0.717) is 39.5 Å². The maximum absolute atomic E-state index is 13.7. The predicted octanol–water partition coefficient (Wildman–Crippen LogP) is 4.93. The number of nitrogens with one attached hydrogen (secondary N) is 2. The Balaban J connectivity index is 1.52. The van der Waals surface area contributed by atoms with E-state index in [1.54, 1.807) is 85.1 Å². The van der Waals surface area contributed by atoms with E-state index in [1.807, 2.05) is 0 Å². The largest absolute Gasteiger partial charge is 0.495 e. The van der Waals surface area contributed by atoms with Gasteiger partial charge in [0, 0.05) is 29.9 Å². The normalized spacial score (nSPS) is 10.7. The number of anilines is 2. The second-order valence-electron chi connectivity index (χ2n) is 8.44. The molecule has 0 spiro atoms. The highest BCUT2D eigenvalue weighted by Gasteiger charge is 2.19. The fourth-order valence-electron chi connectivity index (χ4n) is 4.20. The van der Waals surface area contributed by atoms with Crippen molar-refractivity contribution in [2.24, 2.45) is 0 Å². The molecular weight excluding hydrogens is 500 g/mol. The second kappa shape index (κ2) is 10.8. The SMILES string of the molecule is COc1ccccc1NC(=O)Nc1cccc(-n2c(=O)c(Cc3ccccc3[N+](=O)[O-])nc3cccnc32)c1. The Morgan fingerprint density at radius 3 is 2.62 bits per heavy atom. The van der Waals surface area contributed by atoms with Gasteiger partial charge in [0.15, 0.2) is 5.65 Å². The van der Waals surface area contributed by atoms with Gasteiger partial charge in [0.05, 0.1) is 23.4 Å². The van der Waals surface area contributed by atoms with Crippen molar-refractivity contribution in [2.45, 2.75) is 6.42 Å². The van der Waals surface area contributed by atoms with Gasteiger partial charge in [0.1, 0.15) is 17.0 Å². The molecule has 0 aliphatic rings. The lowest BCUT2D eigenvalue weighted by Crippen LogP contribution is -2.26. The fraction of sp³-hybridized carbons (Fsp3) is 0.0714. The van der Waals surface area contributed by atoms with Crippen LogP contribution in [-0.2, 0) is 6.42 Å². The molecule has 11 nitrogen and oxygen atoms in total. The standard InChI is InChI=1S/C28H22N6O5/c1-39-25-14-5-3-11-21(25)32-28(36)30-19-9-6-10-20(17-19)33-26-22(12-7-15-29-26)31-23(27(33)35)16-18-8-2-4-13-24(18)34(37)38/h2-15,17H,16H2,1H3,(H2,30,32,36). The molecule has 0 aliphatic carbocycles. The monoisotopic (exact) mass is 522 g/mol. The van der Waals surface area contributed by atoms with Crippen LogP contribution in [0.3, 0.4) is 0 Å². The number of methoxy groups -OCH3 is 1. The predicted molar refractivity (Wildman–Crippen MR) is 147 cm³/mol. The molecule has 0 bridgehead atoms. The van der Waals surface area contributed by atoms with Crippen LogP contribution in [0.15, 0.2) is 95.9 Å². The summed E-state index contributed by atoms with van der Waals surface area (Å²) < 4.78 is 6.66. The van der Waals surface area contributed by atoms with Gasteiger partial charge in [-0.05, 0) is 42.5 Å². The third kappa shape index (κ3) is 5.27. The molecule has 0 radical (unpaired) electrons. The van der Waals surface area contributed by atoms with Gasteiger partial charge in [-0.2, -0.15) is 0 Å². The van der Waals surface area contributed by atoms with E-state index in [9.17, 15) is 19.7 Å². The van der Waals surface area contributed by atoms with Gasteiger partial charge in [-0.15, -0.1) is 0 Å². The summed E-state index contributed by atoms with van der Waals surface area (Å²) in [5.41, 5.74) is 2.02. The smallest absolute Gasteiger partial charge is 0.323 e. The van der Waals surface area contributed by atoms with Crippen molar-refractivity contribution in [1.82, 2.24) is 14.5 Å². The first-order chi connectivity index (χ1) is 18.9. The molecule has 0 saturated carbocycles. The van der Waals surface area contributed by atoms with Crippen LogP contribution in [0.4, 0.5) is 21.9 Å². The lowest BCUT2D eigenvalue weighted by molar-refractivity contribution is -0.385. The summed E-state index contributed by atoms with van der Waals surface area (Å²) in [5.74, 6) is 0.508. The number of carbonyl (C=O) groups is 1. The Kier molecular flexibility index (Phi) is 6.95. The number of fused-ring (bicyclic) bond motifs is 1. The molecule has 2 heterocycles. The van der Waals surface area contributed by atoms with Gasteiger partial charge in [0.25, 0.3) is 11.2 Å². The van der Waals surface area contributed by atoms with Gasteiger partial charge < -0.3 is 15.4 Å². The molecule has 2 aromatic heterocycles. The van der Waals surface area contributed by atoms with Crippen LogP contribution in [0, 0.1) is 10.1 Å². The highest BCUT2D eigenvalue weighted by molar-refractivity contribution is 6.00. The van der Waals surface area contributed by atoms with E-state index in [4.69, 9.17) is 4.74 Å². The first kappa shape index (κ1) is 25.1. The van der Waals surface area contributed by atoms with Gasteiger partial charge >= 0.3 is 6.03 Å². The van der Waals surface area contributed by atoms with Crippen LogP contribution >= 0.6 is 0 Å². The van der Waals surface area contributed by atoms with Crippen molar-refractivity contribution in [1.29, 1.82) is 0 Å². The third-order valence-electron chi connectivity index (χ3n) is 5.95. The molecule has 0 aliphatic heterocycles. The van der Waals surface area contributed by atoms with Crippen molar-refractivity contribution in [3.05, 3.63) is 123 Å². The van der Waals surface area contributed by atoms with Crippen LogP contribution in [0.25, 0.3) is 16.9 Å². The van der Waals surface area contributed by atoms with E-state index < -0.39 is 16.5 Å². The summed E-state index contributed by atoms with van der Waals surface area (Å²) in [6.07, 6.45) is 1.50. The van der Waals surface area contributed by atoms with E-state index in [-0.39, 0.29) is 17.8 Å². The van der Waals surface area contributed by atoms with Crippen molar-refractivity contribution in [3.63, 3.8) is 0 Å². The molecule has 2 amide bonds. The minimum Gasteiger partial charge on any atom is -0.495 e. The Morgan fingerprint density at radius 1 is 1.00 bits per heavy atom. The van der Waals surface area contributed by atoms with E-state index in [0.717, 1.165) is 0 Å². The molecule has 0 saturated heterocycles. The summed E-state index contributed by atoms with van der Waals surface area (Å²) in [7, 11) is 1.51. The van der Waals surface area contributed by atoms with Crippen LogP contribution in [0.5, 0.6) is 5.75 Å². The lowest BCUT2D eigenvalue weighted by atomic mass is 10.1. The fourth-order valence-corrected chi connectivity index (χ4v) is 4.20. The van der Waals surface area contributed by atoms with Crippen molar-refractivity contribution in [2.75, 3.05) is 17.7 Å². The molecule has 0 atom stereocenters. The molecule has 3 aromatic carbocycles. The topological polar surface area (TPSA) is 141 Å². The summed E-state index contributed by atoms with van der Waals surface area (Å²) >= 11 is 0. The third-order valence-corrected chi connectivity index (χ3v) is 5.95. The number of benzene rings is 3. The number of hydrogen-bond donors (Lipinski definition) is 2. The van der Waals surface area contributed by atoms with Crippen LogP contribution in [0.1, 0.15) is 11.3 Å². The van der Waals surface area contributed by atoms with E-state index in [2.05, 4.69) is 20.6 Å². The number of rotatable bonds is 7. The average Bonchev–Trinajstić information content (AvgIpc) is 2.94. The first-order valence-electron chi connectivity index (χ1n) is 11.8. The Hall–Kier alpha value is -5.58. The maximum Gasteiger partial charge on any atom is 0.323 e. The Labute approximate surface area is 221 Å². The highest BCUT2D eigenvalue weighted by Crippen LogP contribution is 2.24. The van der Waals surface area contributed by atoms with Crippen LogP contribution < -0.4 is 20.9 Å². The summed E-state index contributed by atoms with van der Waals surface area (Å²) in [6, 6.07) is 22.8. The molecule has 2 N–H and O–H groups in total. The number of nitro groups is 1. The van der Waals surface area contributed by atoms with Crippen molar-refractivity contribution >= 4 is 34.3 Å². The zero-order chi connectivity index (χ0) is 27.4. The molecule has 11 heteroatoms. The number of hydrogen-bond acceptors (Lipinski definition) is 7. The zero-order valence-corrected chi connectivity index (χ0v) is 20.7. The molecule has 194 valence electrons. The lowest BCUT2D eigenvalue weighted by Gasteiger charge is -2.14. The Bertz CT molecular complexity index is 1770. The zero-order valence-electron chi connectivity index (χ0n) is 20.7.